The second-order valence-electron chi connectivity index (χ2n) is 13.2. The van der Waals surface area contributed by atoms with E-state index in [1.54, 1.807) is 0 Å². The summed E-state index contributed by atoms with van der Waals surface area (Å²) in [5.74, 6) is 2.45. The fourth-order valence-corrected chi connectivity index (χ4v) is 6.21. The number of aryl methyl sites for hydroxylation is 4. The Bertz CT molecular complexity index is 1650. The highest BCUT2D eigenvalue weighted by Crippen LogP contribution is 2.31. The lowest BCUT2D eigenvalue weighted by Gasteiger charge is -2.32. The van der Waals surface area contributed by atoms with E-state index in [1.807, 2.05) is 52.8 Å². The lowest BCUT2D eigenvalue weighted by molar-refractivity contribution is 0.0170. The van der Waals surface area contributed by atoms with Gasteiger partial charge in [-0.05, 0) is 83.4 Å². The largest absolute Gasteiger partial charge is 0.490 e. The van der Waals surface area contributed by atoms with Gasteiger partial charge in [0.2, 0.25) is 0 Å². The standard InChI is InChI=1S/C36H48ClN5O6/c1-24(41-14-17-45-18-15-41)23-42-31-10-9-28(34-25(2)40-48-26(34)3)22-30(31)39-33(42)12-8-27-7-11-32(29(37)21-27)46-20-19-44-16-13-38-35(43)47-36(4,5)6/h7,9-11,21-22,24H,8,12-20,23H2,1-6H3,(H,38,43)/t24-/m0/s1. The van der Waals surface area contributed by atoms with Crippen molar-refractivity contribution in [1.29, 1.82) is 0 Å². The fourth-order valence-electron chi connectivity index (χ4n) is 5.95. The Labute approximate surface area is 287 Å². The maximum Gasteiger partial charge on any atom is 0.407 e. The molecule has 1 amide bonds. The van der Waals surface area contributed by atoms with Crippen LogP contribution in [0.15, 0.2) is 40.9 Å². The van der Waals surface area contributed by atoms with Gasteiger partial charge in [-0.25, -0.2) is 9.78 Å². The third-order valence-corrected chi connectivity index (χ3v) is 8.59. The van der Waals surface area contributed by atoms with Crippen molar-refractivity contribution in [2.45, 2.75) is 72.6 Å². The predicted octanol–water partition coefficient (Wildman–Crippen LogP) is 6.39. The number of morpholine rings is 1. The van der Waals surface area contributed by atoms with Crippen LogP contribution in [0, 0.1) is 13.8 Å². The zero-order valence-corrected chi connectivity index (χ0v) is 29.7. The number of amides is 1. The summed E-state index contributed by atoms with van der Waals surface area (Å²) in [6.45, 7) is 17.3. The van der Waals surface area contributed by atoms with Crippen LogP contribution in [0.2, 0.25) is 5.02 Å². The Morgan fingerprint density at radius 1 is 1.06 bits per heavy atom. The summed E-state index contributed by atoms with van der Waals surface area (Å²) < 4.78 is 30.0. The molecule has 2 aromatic heterocycles. The molecule has 1 atom stereocenters. The first kappa shape index (κ1) is 35.7. The van der Waals surface area contributed by atoms with Crippen LogP contribution in [0.4, 0.5) is 4.79 Å². The van der Waals surface area contributed by atoms with Gasteiger partial charge >= 0.3 is 6.09 Å². The van der Waals surface area contributed by atoms with Crippen LogP contribution >= 0.6 is 11.6 Å². The fraction of sp³-hybridized carbons (Fsp3) is 0.528. The average Bonchev–Trinajstić information content (AvgIpc) is 3.57. The SMILES string of the molecule is Cc1noc(C)c1-c1ccc2c(c1)nc(CCc1ccc(OCCOCCNC(=O)OC(C)(C)C)c(Cl)c1)n2C[C@H](C)N1CCOCC1. The first-order valence-corrected chi connectivity index (χ1v) is 17.1. The van der Waals surface area contributed by atoms with E-state index in [1.165, 1.54) is 0 Å². The van der Waals surface area contributed by atoms with E-state index in [4.69, 9.17) is 40.1 Å². The number of halogens is 1. The Balaban J connectivity index is 1.20. The van der Waals surface area contributed by atoms with Crippen molar-refractivity contribution in [3.8, 4) is 16.9 Å². The smallest absolute Gasteiger partial charge is 0.407 e. The van der Waals surface area contributed by atoms with Crippen molar-refractivity contribution < 1.29 is 28.3 Å². The third-order valence-electron chi connectivity index (χ3n) is 8.30. The molecule has 4 aromatic rings. The maximum atomic E-state index is 11.7. The minimum Gasteiger partial charge on any atom is -0.490 e. The molecule has 1 fully saturated rings. The van der Waals surface area contributed by atoms with Gasteiger partial charge in [0.15, 0.2) is 0 Å². The molecule has 48 heavy (non-hydrogen) atoms. The summed E-state index contributed by atoms with van der Waals surface area (Å²) in [4.78, 5) is 19.4. The summed E-state index contributed by atoms with van der Waals surface area (Å²) in [6.07, 6.45) is 1.07. The Kier molecular flexibility index (Phi) is 12.0. The Morgan fingerprint density at radius 3 is 2.56 bits per heavy atom. The lowest BCUT2D eigenvalue weighted by atomic mass is 10.0. The number of nitrogens with zero attached hydrogens (tertiary/aromatic N) is 4. The van der Waals surface area contributed by atoms with E-state index in [2.05, 4.69) is 45.1 Å². The number of alkyl carbamates (subject to hydrolysis) is 1. The van der Waals surface area contributed by atoms with Gasteiger partial charge < -0.3 is 33.4 Å². The van der Waals surface area contributed by atoms with E-state index >= 15 is 0 Å². The number of nitrogens with one attached hydrogen (secondary N) is 1. The van der Waals surface area contributed by atoms with Crippen molar-refractivity contribution in [3.05, 3.63) is 64.3 Å². The van der Waals surface area contributed by atoms with Crippen molar-refractivity contribution in [1.82, 2.24) is 24.9 Å². The highest BCUT2D eigenvalue weighted by atomic mass is 35.5. The van der Waals surface area contributed by atoms with Crippen LogP contribution in [0.1, 0.15) is 50.5 Å². The van der Waals surface area contributed by atoms with Gasteiger partial charge in [0.1, 0.15) is 29.5 Å². The third kappa shape index (κ3) is 9.49. The number of ether oxygens (including phenoxy) is 4. The molecule has 3 heterocycles. The van der Waals surface area contributed by atoms with E-state index in [0.717, 1.165) is 90.7 Å². The number of rotatable bonds is 14. The van der Waals surface area contributed by atoms with Gasteiger partial charge in [-0.15, -0.1) is 0 Å². The molecule has 1 aliphatic heterocycles. The first-order valence-electron chi connectivity index (χ1n) is 16.7. The predicted molar refractivity (Wildman–Crippen MR) is 186 cm³/mol. The number of carbonyl (C=O) groups is 1. The van der Waals surface area contributed by atoms with Crippen LogP contribution in [0.5, 0.6) is 5.75 Å². The molecule has 0 spiro atoms. The molecule has 0 unspecified atom stereocenters. The molecular weight excluding hydrogens is 634 g/mol. The first-order chi connectivity index (χ1) is 23.0. The molecule has 0 aliphatic carbocycles. The van der Waals surface area contributed by atoms with Crippen molar-refractivity contribution in [2.75, 3.05) is 52.7 Å². The highest BCUT2D eigenvalue weighted by Gasteiger charge is 2.22. The van der Waals surface area contributed by atoms with Crippen molar-refractivity contribution in [3.63, 3.8) is 0 Å². The molecule has 260 valence electrons. The number of carbonyl (C=O) groups excluding carboxylic acids is 1. The lowest BCUT2D eigenvalue weighted by Crippen LogP contribution is -2.44. The van der Waals surface area contributed by atoms with Crippen LogP contribution < -0.4 is 10.1 Å². The van der Waals surface area contributed by atoms with Crippen LogP contribution in [-0.2, 0) is 33.6 Å². The molecule has 1 aliphatic rings. The van der Waals surface area contributed by atoms with Gasteiger partial charge in [-0.2, -0.15) is 0 Å². The molecule has 11 nitrogen and oxygen atoms in total. The number of benzene rings is 2. The molecule has 0 radical (unpaired) electrons. The van der Waals surface area contributed by atoms with Gasteiger partial charge in [0.05, 0.1) is 48.2 Å². The topological polar surface area (TPSA) is 113 Å². The summed E-state index contributed by atoms with van der Waals surface area (Å²) in [5, 5.41) is 7.37. The molecular formula is C36H48ClN5O6. The quantitative estimate of drug-likeness (QED) is 0.151. The number of hydrogen-bond donors (Lipinski definition) is 1. The summed E-state index contributed by atoms with van der Waals surface area (Å²) >= 11 is 6.63. The van der Waals surface area contributed by atoms with E-state index in [9.17, 15) is 4.79 Å². The average molecular weight is 682 g/mol. The molecule has 0 bridgehead atoms. The molecule has 5 rings (SSSR count). The number of aromatic nitrogens is 3. The van der Waals surface area contributed by atoms with Gasteiger partial charge in [0.25, 0.3) is 0 Å². The van der Waals surface area contributed by atoms with Crippen LogP contribution in [0.25, 0.3) is 22.2 Å². The monoisotopic (exact) mass is 681 g/mol. The molecule has 1 saturated heterocycles. The van der Waals surface area contributed by atoms with Crippen LogP contribution in [0.3, 0.4) is 0 Å². The second kappa shape index (κ2) is 16.2. The zero-order valence-electron chi connectivity index (χ0n) is 28.9. The van der Waals surface area contributed by atoms with Crippen LogP contribution in [-0.4, -0.2) is 90.0 Å². The second-order valence-corrected chi connectivity index (χ2v) is 13.6. The minimum atomic E-state index is -0.533. The summed E-state index contributed by atoms with van der Waals surface area (Å²) in [7, 11) is 0. The van der Waals surface area contributed by atoms with Gasteiger partial charge in [-0.3, -0.25) is 4.90 Å². The van der Waals surface area contributed by atoms with Gasteiger partial charge in [0, 0.05) is 44.2 Å². The molecule has 0 saturated carbocycles. The van der Waals surface area contributed by atoms with Crippen molar-refractivity contribution in [2.24, 2.45) is 0 Å². The Hall–Kier alpha value is -3.64. The van der Waals surface area contributed by atoms with Crippen molar-refractivity contribution >= 4 is 28.7 Å². The summed E-state index contributed by atoms with van der Waals surface area (Å²) in [5.41, 5.74) is 5.60. The highest BCUT2D eigenvalue weighted by molar-refractivity contribution is 6.32. The number of hydrogen-bond acceptors (Lipinski definition) is 9. The normalized spacial score (nSPS) is 14.7. The maximum absolute atomic E-state index is 11.7. The minimum absolute atomic E-state index is 0.336. The molecule has 12 heteroatoms. The van der Waals surface area contributed by atoms with E-state index < -0.39 is 11.7 Å². The van der Waals surface area contributed by atoms with E-state index in [0.29, 0.717) is 43.2 Å². The number of imidazole rings is 1. The summed E-state index contributed by atoms with van der Waals surface area (Å²) in [6, 6.07) is 12.7. The van der Waals surface area contributed by atoms with E-state index in [-0.39, 0.29) is 0 Å². The van der Waals surface area contributed by atoms with Gasteiger partial charge in [-0.1, -0.05) is 28.9 Å². The molecule has 2 aromatic carbocycles. The molecule has 1 N–H and O–H groups in total. The Morgan fingerprint density at radius 2 is 1.85 bits per heavy atom. The zero-order chi connectivity index (χ0) is 34.3. The number of fused-ring (bicyclic) bond motifs is 1.